The molecule has 0 spiro atoms. The number of halogens is 2. The highest BCUT2D eigenvalue weighted by Gasteiger charge is 2.14. The van der Waals surface area contributed by atoms with E-state index in [0.717, 1.165) is 12.0 Å². The van der Waals surface area contributed by atoms with Crippen LogP contribution in [0, 0.1) is 0 Å². The van der Waals surface area contributed by atoms with Crippen LogP contribution < -0.4 is 5.32 Å². The lowest BCUT2D eigenvalue weighted by Crippen LogP contribution is -2.14. The molecule has 5 nitrogen and oxygen atoms in total. The Morgan fingerprint density at radius 3 is 2.89 bits per heavy atom. The van der Waals surface area contributed by atoms with E-state index in [2.05, 4.69) is 20.5 Å². The average molecular weight is 285 g/mol. The summed E-state index contributed by atoms with van der Waals surface area (Å²) >= 11 is 11.5. The molecule has 0 fully saturated rings. The molecule has 0 saturated heterocycles. The molecule has 0 atom stereocenters. The van der Waals surface area contributed by atoms with Gasteiger partial charge in [0.15, 0.2) is 0 Å². The third-order valence-electron chi connectivity index (χ3n) is 2.40. The molecule has 0 bridgehead atoms. The molecule has 2 rings (SSSR count). The zero-order valence-corrected chi connectivity index (χ0v) is 11.0. The summed E-state index contributed by atoms with van der Waals surface area (Å²) in [7, 11) is 0. The van der Waals surface area contributed by atoms with E-state index >= 15 is 0 Å². The third-order valence-corrected chi connectivity index (χ3v) is 2.90. The Bertz CT molecular complexity index is 582. The van der Waals surface area contributed by atoms with Crippen molar-refractivity contribution in [3.63, 3.8) is 0 Å². The number of rotatable bonds is 3. The Balaban J connectivity index is 2.22. The number of carbonyl (C=O) groups excluding carboxylic acids is 1. The second-order valence-electron chi connectivity index (χ2n) is 3.55. The molecule has 7 heteroatoms. The number of pyridine rings is 1. The number of amides is 1. The Kier molecular flexibility index (Phi) is 3.84. The van der Waals surface area contributed by atoms with Gasteiger partial charge in [-0.3, -0.25) is 9.89 Å². The third kappa shape index (κ3) is 2.63. The van der Waals surface area contributed by atoms with Gasteiger partial charge in [0.2, 0.25) is 0 Å². The van der Waals surface area contributed by atoms with Gasteiger partial charge in [-0.25, -0.2) is 4.98 Å². The minimum absolute atomic E-state index is 0.0672. The summed E-state index contributed by atoms with van der Waals surface area (Å²) in [6.45, 7) is 1.97. The van der Waals surface area contributed by atoms with Crippen molar-refractivity contribution < 1.29 is 4.79 Å². The van der Waals surface area contributed by atoms with E-state index in [-0.39, 0.29) is 21.8 Å². The number of aromatic nitrogens is 3. The molecule has 0 aromatic carbocycles. The molecule has 2 heterocycles. The molecular weight excluding hydrogens is 275 g/mol. The van der Waals surface area contributed by atoms with Crippen molar-refractivity contribution in [1.82, 2.24) is 15.2 Å². The number of nitrogens with one attached hydrogen (secondary N) is 2. The highest BCUT2D eigenvalue weighted by Crippen LogP contribution is 2.19. The second kappa shape index (κ2) is 5.37. The number of carbonyl (C=O) groups is 1. The number of hydrogen-bond donors (Lipinski definition) is 2. The highest BCUT2D eigenvalue weighted by molar-refractivity contribution is 6.35. The first-order valence-corrected chi connectivity index (χ1v) is 6.03. The smallest absolute Gasteiger partial charge is 0.259 e. The average Bonchev–Trinajstić information content (AvgIpc) is 2.76. The molecule has 2 aromatic rings. The monoisotopic (exact) mass is 284 g/mol. The predicted octanol–water partition coefficient (Wildman–Crippen LogP) is 2.93. The molecule has 0 aliphatic heterocycles. The van der Waals surface area contributed by atoms with Crippen LogP contribution in [0.2, 0.25) is 10.3 Å². The fourth-order valence-corrected chi connectivity index (χ4v) is 1.88. The molecule has 18 heavy (non-hydrogen) atoms. The van der Waals surface area contributed by atoms with Crippen LogP contribution in [0.3, 0.4) is 0 Å². The molecule has 0 aliphatic carbocycles. The fraction of sp³-hybridized carbons (Fsp3) is 0.182. The van der Waals surface area contributed by atoms with Crippen LogP contribution in [-0.4, -0.2) is 21.1 Å². The van der Waals surface area contributed by atoms with Crippen LogP contribution in [0.25, 0.3) is 0 Å². The van der Waals surface area contributed by atoms with E-state index in [1.807, 2.05) is 6.92 Å². The van der Waals surface area contributed by atoms with Gasteiger partial charge in [0.1, 0.15) is 16.1 Å². The highest BCUT2D eigenvalue weighted by atomic mass is 35.5. The Hall–Kier alpha value is -1.59. The topological polar surface area (TPSA) is 70.7 Å². The molecule has 0 saturated carbocycles. The van der Waals surface area contributed by atoms with E-state index < -0.39 is 0 Å². The second-order valence-corrected chi connectivity index (χ2v) is 4.30. The number of aryl methyl sites for hydroxylation is 1. The maximum atomic E-state index is 12.0. The van der Waals surface area contributed by atoms with E-state index in [1.54, 1.807) is 6.20 Å². The van der Waals surface area contributed by atoms with Gasteiger partial charge in [-0.2, -0.15) is 5.10 Å². The van der Waals surface area contributed by atoms with Gasteiger partial charge in [0.05, 0.1) is 11.8 Å². The SMILES string of the molecule is CCc1cn[nH]c1NC(=O)c1ccc(Cl)nc1Cl. The lowest BCUT2D eigenvalue weighted by atomic mass is 10.2. The van der Waals surface area contributed by atoms with Crippen molar-refractivity contribution in [3.05, 3.63) is 39.8 Å². The first-order chi connectivity index (χ1) is 8.61. The number of nitrogens with zero attached hydrogens (tertiary/aromatic N) is 2. The lowest BCUT2D eigenvalue weighted by Gasteiger charge is -2.06. The Morgan fingerprint density at radius 1 is 1.44 bits per heavy atom. The van der Waals surface area contributed by atoms with E-state index in [1.165, 1.54) is 12.1 Å². The first-order valence-electron chi connectivity index (χ1n) is 5.27. The van der Waals surface area contributed by atoms with Crippen LogP contribution >= 0.6 is 23.2 Å². The predicted molar refractivity (Wildman–Crippen MR) is 70.2 cm³/mol. The lowest BCUT2D eigenvalue weighted by molar-refractivity contribution is 0.102. The van der Waals surface area contributed by atoms with Gasteiger partial charge in [-0.1, -0.05) is 30.1 Å². The van der Waals surface area contributed by atoms with Gasteiger partial charge in [0.25, 0.3) is 5.91 Å². The summed E-state index contributed by atoms with van der Waals surface area (Å²) in [5, 5.41) is 9.59. The maximum Gasteiger partial charge on any atom is 0.259 e. The summed E-state index contributed by atoms with van der Waals surface area (Å²) in [5.41, 5.74) is 1.18. The summed E-state index contributed by atoms with van der Waals surface area (Å²) in [6.07, 6.45) is 2.43. The van der Waals surface area contributed by atoms with Crippen LogP contribution in [0.15, 0.2) is 18.3 Å². The number of anilines is 1. The Labute approximate surface area is 114 Å². The molecule has 2 N–H and O–H groups in total. The standard InChI is InChI=1S/C11H10Cl2N4O/c1-2-6-5-14-17-10(6)16-11(18)7-3-4-8(12)15-9(7)13/h3-5H,2H2,1H3,(H2,14,16,17,18). The molecular formula is C11H10Cl2N4O. The number of aromatic amines is 1. The largest absolute Gasteiger partial charge is 0.307 e. The number of hydrogen-bond acceptors (Lipinski definition) is 3. The maximum absolute atomic E-state index is 12.0. The van der Waals surface area contributed by atoms with Gasteiger partial charge < -0.3 is 5.32 Å². The minimum Gasteiger partial charge on any atom is -0.307 e. The zero-order valence-electron chi connectivity index (χ0n) is 9.50. The molecule has 0 unspecified atom stereocenters. The van der Waals surface area contributed by atoms with Crippen LogP contribution in [0.1, 0.15) is 22.8 Å². The van der Waals surface area contributed by atoms with Gasteiger partial charge in [-0.05, 0) is 18.6 Å². The number of H-pyrrole nitrogens is 1. The molecule has 94 valence electrons. The molecule has 1 amide bonds. The first kappa shape index (κ1) is 12.9. The summed E-state index contributed by atoms with van der Waals surface area (Å²) in [5.74, 6) is 0.205. The summed E-state index contributed by atoms with van der Waals surface area (Å²) in [6, 6.07) is 3.03. The quantitative estimate of drug-likeness (QED) is 0.852. The summed E-state index contributed by atoms with van der Waals surface area (Å²) < 4.78 is 0. The van der Waals surface area contributed by atoms with E-state index in [9.17, 15) is 4.79 Å². The van der Waals surface area contributed by atoms with E-state index in [0.29, 0.717) is 5.82 Å². The van der Waals surface area contributed by atoms with Gasteiger partial charge in [-0.15, -0.1) is 0 Å². The Morgan fingerprint density at radius 2 is 2.22 bits per heavy atom. The van der Waals surface area contributed by atoms with Crippen molar-refractivity contribution in [2.75, 3.05) is 5.32 Å². The minimum atomic E-state index is -0.358. The van der Waals surface area contributed by atoms with E-state index in [4.69, 9.17) is 23.2 Å². The molecule has 0 radical (unpaired) electrons. The van der Waals surface area contributed by atoms with Crippen LogP contribution in [-0.2, 0) is 6.42 Å². The van der Waals surface area contributed by atoms with Crippen LogP contribution in [0.4, 0.5) is 5.82 Å². The van der Waals surface area contributed by atoms with Gasteiger partial charge in [0, 0.05) is 5.56 Å². The van der Waals surface area contributed by atoms with Gasteiger partial charge >= 0.3 is 0 Å². The van der Waals surface area contributed by atoms with Crippen molar-refractivity contribution in [2.24, 2.45) is 0 Å². The summed E-state index contributed by atoms with van der Waals surface area (Å²) in [4.78, 5) is 15.8. The van der Waals surface area contributed by atoms with Crippen molar-refractivity contribution in [2.45, 2.75) is 13.3 Å². The molecule has 2 aromatic heterocycles. The molecule has 0 aliphatic rings. The van der Waals surface area contributed by atoms with Crippen molar-refractivity contribution >= 4 is 34.9 Å². The fourth-order valence-electron chi connectivity index (χ4n) is 1.45. The van der Waals surface area contributed by atoms with Crippen molar-refractivity contribution in [3.8, 4) is 0 Å². The van der Waals surface area contributed by atoms with Crippen molar-refractivity contribution in [1.29, 1.82) is 0 Å². The van der Waals surface area contributed by atoms with Crippen LogP contribution in [0.5, 0.6) is 0 Å². The zero-order chi connectivity index (χ0) is 13.1. The normalized spacial score (nSPS) is 10.4.